The third-order valence-electron chi connectivity index (χ3n) is 5.32. The molecular formula is C24H27N3O5S2. The molecule has 10 heteroatoms. The molecule has 4 N–H and O–H groups in total. The van der Waals surface area contributed by atoms with Crippen molar-refractivity contribution < 1.29 is 24.2 Å². The topological polar surface area (TPSA) is 117 Å². The fourth-order valence-corrected chi connectivity index (χ4v) is 4.20. The molecule has 8 nitrogen and oxygen atoms in total. The Kier molecular flexibility index (Phi) is 9.29. The van der Waals surface area contributed by atoms with Gasteiger partial charge in [-0.3, -0.25) is 9.59 Å². The van der Waals surface area contributed by atoms with Gasteiger partial charge in [0, 0.05) is 24.6 Å². The average Bonchev–Trinajstić information content (AvgIpc) is 3.25. The zero-order chi connectivity index (χ0) is 24.5. The van der Waals surface area contributed by atoms with Gasteiger partial charge in [0.05, 0.1) is 0 Å². The smallest absolute Gasteiger partial charge is 0.326 e. The molecule has 1 saturated heterocycles. The first-order valence-electron chi connectivity index (χ1n) is 10.8. The summed E-state index contributed by atoms with van der Waals surface area (Å²) in [6.07, 6.45) is 3.45. The highest BCUT2D eigenvalue weighted by atomic mass is 32.2. The van der Waals surface area contributed by atoms with E-state index in [1.54, 1.807) is 18.2 Å². The molecule has 2 aromatic rings. The van der Waals surface area contributed by atoms with Crippen molar-refractivity contribution in [3.8, 4) is 16.9 Å². The van der Waals surface area contributed by atoms with Gasteiger partial charge < -0.3 is 25.8 Å². The van der Waals surface area contributed by atoms with Crippen molar-refractivity contribution in [2.75, 3.05) is 18.6 Å². The van der Waals surface area contributed by atoms with Crippen LogP contribution in [0.5, 0.6) is 5.75 Å². The standard InChI is InChI=1S/C24H27N3O5S2/c1-34-12-11-20(23(30)31)27-22(29)18-9-8-17(13-19(18)15-5-3-2-4-6-15)32-24(33)25-14-16-7-10-21(28)26-16/h2-6,8-9,13,16,20H,7,10-12,14H2,1H3,(H,25,33)(H,26,28)(H,27,29)(H,30,31)/t16?,20-/m0/s1. The lowest BCUT2D eigenvalue weighted by atomic mass is 9.98. The number of thioether (sulfide) groups is 1. The zero-order valence-electron chi connectivity index (χ0n) is 18.7. The third-order valence-corrected chi connectivity index (χ3v) is 6.19. The average molecular weight is 502 g/mol. The van der Waals surface area contributed by atoms with Crippen molar-refractivity contribution >= 4 is 46.9 Å². The lowest BCUT2D eigenvalue weighted by Gasteiger charge is -2.17. The monoisotopic (exact) mass is 501 g/mol. The number of benzene rings is 2. The largest absolute Gasteiger partial charge is 0.480 e. The van der Waals surface area contributed by atoms with E-state index in [1.807, 2.05) is 36.6 Å². The van der Waals surface area contributed by atoms with E-state index < -0.39 is 17.9 Å². The maximum absolute atomic E-state index is 13.0. The summed E-state index contributed by atoms with van der Waals surface area (Å²) >= 11 is 6.80. The normalized spacial score (nSPS) is 15.8. The number of carboxylic acid groups (broad SMARTS) is 1. The van der Waals surface area contributed by atoms with Crippen LogP contribution in [-0.4, -0.2) is 58.7 Å². The van der Waals surface area contributed by atoms with E-state index >= 15 is 0 Å². The maximum atomic E-state index is 13.0. The minimum absolute atomic E-state index is 0.00768. The third kappa shape index (κ3) is 7.19. The molecule has 1 aliphatic rings. The number of aliphatic carboxylic acids is 1. The van der Waals surface area contributed by atoms with Gasteiger partial charge in [0.2, 0.25) is 5.91 Å². The van der Waals surface area contributed by atoms with E-state index in [-0.39, 0.29) is 17.1 Å². The number of hydrogen-bond acceptors (Lipinski definition) is 6. The molecule has 0 spiro atoms. The Morgan fingerprint density at radius 1 is 1.26 bits per heavy atom. The number of ether oxygens (including phenoxy) is 1. The Hall–Kier alpha value is -3.11. The molecular weight excluding hydrogens is 474 g/mol. The van der Waals surface area contributed by atoms with Crippen molar-refractivity contribution in [2.24, 2.45) is 0 Å². The number of rotatable bonds is 10. The van der Waals surface area contributed by atoms with Gasteiger partial charge in [-0.15, -0.1) is 0 Å². The number of hydrogen-bond donors (Lipinski definition) is 4. The van der Waals surface area contributed by atoms with Crippen molar-refractivity contribution in [1.29, 1.82) is 0 Å². The molecule has 0 aliphatic carbocycles. The molecule has 1 aliphatic heterocycles. The van der Waals surface area contributed by atoms with Crippen molar-refractivity contribution in [3.63, 3.8) is 0 Å². The summed E-state index contributed by atoms with van der Waals surface area (Å²) in [5.41, 5.74) is 1.71. The number of amides is 2. The van der Waals surface area contributed by atoms with Gasteiger partial charge in [-0.1, -0.05) is 30.3 Å². The molecule has 1 heterocycles. The molecule has 0 radical (unpaired) electrons. The van der Waals surface area contributed by atoms with Gasteiger partial charge in [0.15, 0.2) is 0 Å². The van der Waals surface area contributed by atoms with Gasteiger partial charge in [-0.25, -0.2) is 4.79 Å². The minimum atomic E-state index is -1.07. The summed E-state index contributed by atoms with van der Waals surface area (Å²) in [6, 6.07) is 13.2. The molecule has 0 aromatic heterocycles. The van der Waals surface area contributed by atoms with Crippen LogP contribution < -0.4 is 20.7 Å². The summed E-state index contributed by atoms with van der Waals surface area (Å²) in [4.78, 5) is 36.0. The molecule has 180 valence electrons. The Balaban J connectivity index is 1.76. The van der Waals surface area contributed by atoms with E-state index in [0.717, 1.165) is 12.0 Å². The summed E-state index contributed by atoms with van der Waals surface area (Å²) in [7, 11) is 0. The lowest BCUT2D eigenvalue weighted by molar-refractivity contribution is -0.139. The van der Waals surface area contributed by atoms with Crippen LogP contribution in [0.1, 0.15) is 29.6 Å². The molecule has 0 saturated carbocycles. The summed E-state index contributed by atoms with van der Waals surface area (Å²) in [6.45, 7) is 0.462. The Labute approximate surface area is 207 Å². The molecule has 1 unspecified atom stereocenters. The minimum Gasteiger partial charge on any atom is -0.480 e. The van der Waals surface area contributed by atoms with E-state index in [4.69, 9.17) is 17.0 Å². The van der Waals surface area contributed by atoms with Gasteiger partial charge in [-0.2, -0.15) is 11.8 Å². The highest BCUT2D eigenvalue weighted by Crippen LogP contribution is 2.28. The second-order valence-electron chi connectivity index (χ2n) is 7.79. The molecule has 2 aromatic carbocycles. The van der Waals surface area contributed by atoms with Crippen LogP contribution >= 0.6 is 24.0 Å². The molecule has 0 bridgehead atoms. The van der Waals surface area contributed by atoms with Crippen LogP contribution in [-0.2, 0) is 9.59 Å². The molecule has 1 fully saturated rings. The van der Waals surface area contributed by atoms with E-state index in [9.17, 15) is 19.5 Å². The number of carboxylic acids is 1. The first kappa shape index (κ1) is 25.5. The van der Waals surface area contributed by atoms with Crippen LogP contribution in [0.4, 0.5) is 0 Å². The second-order valence-corrected chi connectivity index (χ2v) is 9.15. The quantitative estimate of drug-likeness (QED) is 0.367. The van der Waals surface area contributed by atoms with Crippen LogP contribution in [0, 0.1) is 0 Å². The van der Waals surface area contributed by atoms with Crippen LogP contribution in [0.2, 0.25) is 0 Å². The van der Waals surface area contributed by atoms with Gasteiger partial charge >= 0.3 is 5.97 Å². The SMILES string of the molecule is CSCC[C@H](NC(=O)c1ccc(OC(=S)NCC2CCC(=O)N2)cc1-c1ccccc1)C(=O)O. The summed E-state index contributed by atoms with van der Waals surface area (Å²) in [5.74, 6) is -0.473. The first-order valence-corrected chi connectivity index (χ1v) is 12.6. The molecule has 2 atom stereocenters. The first-order chi connectivity index (χ1) is 16.4. The number of thiocarbonyl (C=S) groups is 1. The van der Waals surface area contributed by atoms with Crippen LogP contribution in [0.15, 0.2) is 48.5 Å². The molecule has 34 heavy (non-hydrogen) atoms. The fourth-order valence-electron chi connectivity index (χ4n) is 3.55. The van der Waals surface area contributed by atoms with Gasteiger partial charge in [0.25, 0.3) is 11.1 Å². The summed E-state index contributed by atoms with van der Waals surface area (Å²) < 4.78 is 5.75. The second kappa shape index (κ2) is 12.4. The molecule has 2 amide bonds. The van der Waals surface area contributed by atoms with E-state index in [0.29, 0.717) is 42.0 Å². The number of nitrogens with one attached hydrogen (secondary N) is 3. The number of carbonyl (C=O) groups excluding carboxylic acids is 2. The van der Waals surface area contributed by atoms with Crippen LogP contribution in [0.3, 0.4) is 0 Å². The Morgan fingerprint density at radius 2 is 2.03 bits per heavy atom. The van der Waals surface area contributed by atoms with Crippen molar-refractivity contribution in [2.45, 2.75) is 31.3 Å². The highest BCUT2D eigenvalue weighted by molar-refractivity contribution is 7.98. The predicted molar refractivity (Wildman–Crippen MR) is 136 cm³/mol. The van der Waals surface area contributed by atoms with E-state index in [1.165, 1.54) is 11.8 Å². The molecule has 3 rings (SSSR count). The van der Waals surface area contributed by atoms with Crippen molar-refractivity contribution in [1.82, 2.24) is 16.0 Å². The fraction of sp³-hybridized carbons (Fsp3) is 0.333. The Bertz CT molecular complexity index is 1050. The van der Waals surface area contributed by atoms with E-state index in [2.05, 4.69) is 16.0 Å². The predicted octanol–water partition coefficient (Wildman–Crippen LogP) is 2.82. The highest BCUT2D eigenvalue weighted by Gasteiger charge is 2.23. The maximum Gasteiger partial charge on any atom is 0.326 e. The van der Waals surface area contributed by atoms with Gasteiger partial charge in [0.1, 0.15) is 11.8 Å². The van der Waals surface area contributed by atoms with Crippen molar-refractivity contribution in [3.05, 3.63) is 54.1 Å². The Morgan fingerprint density at radius 3 is 2.68 bits per heavy atom. The van der Waals surface area contributed by atoms with Gasteiger partial charge in [-0.05, 0) is 66.4 Å². The number of carbonyl (C=O) groups is 3. The zero-order valence-corrected chi connectivity index (χ0v) is 20.3. The summed E-state index contributed by atoms with van der Waals surface area (Å²) in [5, 5.41) is 18.1. The lowest BCUT2D eigenvalue weighted by Crippen LogP contribution is -2.41. The van der Waals surface area contributed by atoms with Crippen LogP contribution in [0.25, 0.3) is 11.1 Å².